The molecule has 1 heterocycles. The molecule has 1 fully saturated rings. The van der Waals surface area contributed by atoms with E-state index < -0.39 is 0 Å². The molecule has 0 bridgehead atoms. The number of aliphatic hydroxyl groups excluding tert-OH is 1. The minimum atomic E-state index is 0.275. The quantitative estimate of drug-likeness (QED) is 0.698. The number of hydrogen-bond donors (Lipinski definition) is 2. The zero-order valence-electron chi connectivity index (χ0n) is 7.75. The number of aliphatic hydroxyl groups is 1. The van der Waals surface area contributed by atoms with E-state index in [1.54, 1.807) is 0 Å². The molecule has 1 unspecified atom stereocenters. The first kappa shape index (κ1) is 10.4. The average molecular weight is 189 g/mol. The molecule has 0 saturated carbocycles. The van der Waals surface area contributed by atoms with Crippen LogP contribution in [0.3, 0.4) is 0 Å². The third-order valence-electron chi connectivity index (χ3n) is 2.34. The molecule has 0 aliphatic carbocycles. The van der Waals surface area contributed by atoms with Gasteiger partial charge >= 0.3 is 0 Å². The van der Waals surface area contributed by atoms with E-state index >= 15 is 0 Å². The van der Waals surface area contributed by atoms with Crippen molar-refractivity contribution in [1.82, 2.24) is 5.32 Å². The molecule has 0 spiro atoms. The highest BCUT2D eigenvalue weighted by atomic mass is 32.2. The van der Waals surface area contributed by atoms with Crippen LogP contribution in [0.1, 0.15) is 26.2 Å². The zero-order chi connectivity index (χ0) is 8.81. The second-order valence-electron chi connectivity index (χ2n) is 3.37. The summed E-state index contributed by atoms with van der Waals surface area (Å²) < 4.78 is 0. The molecule has 1 aliphatic heterocycles. The summed E-state index contributed by atoms with van der Waals surface area (Å²) in [6, 6.07) is 0.953. The predicted octanol–water partition coefficient (Wildman–Crippen LogP) is 1.24. The summed E-state index contributed by atoms with van der Waals surface area (Å²) in [4.78, 5) is 0. The predicted molar refractivity (Wildman–Crippen MR) is 54.6 cm³/mol. The highest BCUT2D eigenvalue weighted by Crippen LogP contribution is 2.17. The molecule has 2 atom stereocenters. The van der Waals surface area contributed by atoms with E-state index in [-0.39, 0.29) is 6.61 Å². The molecule has 0 aromatic rings. The molecule has 2 nitrogen and oxygen atoms in total. The Balaban J connectivity index is 2.18. The number of hydrogen-bond acceptors (Lipinski definition) is 3. The van der Waals surface area contributed by atoms with E-state index in [4.69, 9.17) is 5.11 Å². The van der Waals surface area contributed by atoms with Crippen LogP contribution >= 0.6 is 11.8 Å². The van der Waals surface area contributed by atoms with Crippen molar-refractivity contribution in [2.75, 3.05) is 18.1 Å². The molecule has 72 valence electrons. The maximum atomic E-state index is 8.99. The van der Waals surface area contributed by atoms with Crippen LogP contribution in [0.5, 0.6) is 0 Å². The van der Waals surface area contributed by atoms with E-state index in [1.165, 1.54) is 24.3 Å². The largest absolute Gasteiger partial charge is 0.395 e. The Morgan fingerprint density at radius 2 is 2.50 bits per heavy atom. The summed E-state index contributed by atoms with van der Waals surface area (Å²) in [7, 11) is 0. The summed E-state index contributed by atoms with van der Waals surface area (Å²) in [5, 5.41) is 12.5. The molecule has 2 N–H and O–H groups in total. The van der Waals surface area contributed by atoms with Gasteiger partial charge in [0.15, 0.2) is 0 Å². The molecule has 1 saturated heterocycles. The molecule has 0 radical (unpaired) electrons. The van der Waals surface area contributed by atoms with Gasteiger partial charge in [-0.05, 0) is 25.0 Å². The molecule has 0 amide bonds. The first-order chi connectivity index (χ1) is 5.86. The minimum Gasteiger partial charge on any atom is -0.395 e. The van der Waals surface area contributed by atoms with Crippen molar-refractivity contribution in [2.45, 2.75) is 38.3 Å². The lowest BCUT2D eigenvalue weighted by Crippen LogP contribution is -2.42. The molecule has 3 heteroatoms. The van der Waals surface area contributed by atoms with Gasteiger partial charge < -0.3 is 10.4 Å². The fourth-order valence-corrected chi connectivity index (χ4v) is 2.59. The van der Waals surface area contributed by atoms with Crippen LogP contribution in [0, 0.1) is 0 Å². The van der Waals surface area contributed by atoms with Gasteiger partial charge in [-0.3, -0.25) is 0 Å². The Labute approximate surface area is 79.1 Å². The SMILES string of the molecule is CC[C@@H](CO)NC1CCCSC1. The van der Waals surface area contributed by atoms with E-state index in [9.17, 15) is 0 Å². The van der Waals surface area contributed by atoms with Crippen molar-refractivity contribution in [3.8, 4) is 0 Å². The highest BCUT2D eigenvalue weighted by molar-refractivity contribution is 7.99. The van der Waals surface area contributed by atoms with Crippen molar-refractivity contribution < 1.29 is 5.11 Å². The van der Waals surface area contributed by atoms with Gasteiger partial charge in [0.2, 0.25) is 0 Å². The topological polar surface area (TPSA) is 32.3 Å². The fourth-order valence-electron chi connectivity index (χ4n) is 1.51. The van der Waals surface area contributed by atoms with Gasteiger partial charge in [0.05, 0.1) is 6.61 Å². The summed E-state index contributed by atoms with van der Waals surface area (Å²) in [6.07, 6.45) is 3.63. The Morgan fingerprint density at radius 1 is 1.67 bits per heavy atom. The maximum Gasteiger partial charge on any atom is 0.0584 e. The molecular formula is C9H19NOS. The van der Waals surface area contributed by atoms with Crippen molar-refractivity contribution in [3.05, 3.63) is 0 Å². The zero-order valence-corrected chi connectivity index (χ0v) is 8.57. The lowest BCUT2D eigenvalue weighted by Gasteiger charge is -2.26. The van der Waals surface area contributed by atoms with Crippen LogP contribution in [0.4, 0.5) is 0 Å². The summed E-state index contributed by atoms with van der Waals surface area (Å²) in [5.74, 6) is 2.53. The van der Waals surface area contributed by atoms with Crippen molar-refractivity contribution in [3.63, 3.8) is 0 Å². The smallest absolute Gasteiger partial charge is 0.0584 e. The van der Waals surface area contributed by atoms with Gasteiger partial charge in [0, 0.05) is 17.8 Å². The molecule has 12 heavy (non-hydrogen) atoms. The monoisotopic (exact) mass is 189 g/mol. The Kier molecular flexibility index (Phi) is 5.04. The lowest BCUT2D eigenvalue weighted by atomic mass is 10.1. The summed E-state index contributed by atoms with van der Waals surface area (Å²) in [5.41, 5.74) is 0. The third-order valence-corrected chi connectivity index (χ3v) is 3.56. The first-order valence-electron chi connectivity index (χ1n) is 4.81. The third kappa shape index (κ3) is 3.33. The second-order valence-corrected chi connectivity index (χ2v) is 4.52. The van der Waals surface area contributed by atoms with Crippen LogP contribution in [0.25, 0.3) is 0 Å². The Hall–Kier alpha value is 0.270. The first-order valence-corrected chi connectivity index (χ1v) is 5.97. The van der Waals surface area contributed by atoms with Gasteiger partial charge in [0.25, 0.3) is 0 Å². The number of nitrogens with one attached hydrogen (secondary N) is 1. The standard InChI is InChI=1S/C9H19NOS/c1-2-8(6-11)10-9-4-3-5-12-7-9/h8-11H,2-7H2,1H3/t8-,9?/m0/s1. The summed E-state index contributed by atoms with van der Waals surface area (Å²) >= 11 is 2.02. The Bertz CT molecular complexity index is 111. The maximum absolute atomic E-state index is 8.99. The molecule has 0 aromatic carbocycles. The second kappa shape index (κ2) is 5.84. The van der Waals surface area contributed by atoms with Crippen molar-refractivity contribution in [2.24, 2.45) is 0 Å². The minimum absolute atomic E-state index is 0.275. The molecule has 1 aliphatic rings. The fraction of sp³-hybridized carbons (Fsp3) is 1.00. The van der Waals surface area contributed by atoms with E-state index in [0.29, 0.717) is 12.1 Å². The summed E-state index contributed by atoms with van der Waals surface area (Å²) in [6.45, 7) is 2.39. The van der Waals surface area contributed by atoms with E-state index in [1.807, 2.05) is 11.8 Å². The van der Waals surface area contributed by atoms with Crippen LogP contribution in [-0.4, -0.2) is 35.3 Å². The average Bonchev–Trinajstić information content (AvgIpc) is 2.16. The van der Waals surface area contributed by atoms with Crippen LogP contribution < -0.4 is 5.32 Å². The van der Waals surface area contributed by atoms with Crippen LogP contribution in [-0.2, 0) is 0 Å². The van der Waals surface area contributed by atoms with Crippen molar-refractivity contribution >= 4 is 11.8 Å². The molecule has 0 aromatic heterocycles. The van der Waals surface area contributed by atoms with Gasteiger partial charge in [0.1, 0.15) is 0 Å². The van der Waals surface area contributed by atoms with E-state index in [2.05, 4.69) is 12.2 Å². The number of rotatable bonds is 4. The molecule has 1 rings (SSSR count). The Morgan fingerprint density at radius 3 is 3.00 bits per heavy atom. The van der Waals surface area contributed by atoms with E-state index in [0.717, 1.165) is 6.42 Å². The highest BCUT2D eigenvalue weighted by Gasteiger charge is 2.16. The van der Waals surface area contributed by atoms with Gasteiger partial charge in [-0.15, -0.1) is 0 Å². The lowest BCUT2D eigenvalue weighted by molar-refractivity contribution is 0.228. The van der Waals surface area contributed by atoms with Crippen molar-refractivity contribution in [1.29, 1.82) is 0 Å². The van der Waals surface area contributed by atoms with Crippen LogP contribution in [0.15, 0.2) is 0 Å². The number of thioether (sulfide) groups is 1. The van der Waals surface area contributed by atoms with Gasteiger partial charge in [-0.1, -0.05) is 6.92 Å². The normalized spacial score (nSPS) is 27.0. The molecular weight excluding hydrogens is 170 g/mol. The van der Waals surface area contributed by atoms with Gasteiger partial charge in [-0.2, -0.15) is 11.8 Å². The van der Waals surface area contributed by atoms with Gasteiger partial charge in [-0.25, -0.2) is 0 Å². The van der Waals surface area contributed by atoms with Crippen LogP contribution in [0.2, 0.25) is 0 Å².